The molecule has 1 fully saturated rings. The average molecular weight is 333 g/mol. The summed E-state index contributed by atoms with van der Waals surface area (Å²) in [7, 11) is 1.93. The number of hydrogen-bond donors (Lipinski definition) is 1. The van der Waals surface area contributed by atoms with Crippen LogP contribution in [-0.2, 0) is 30.5 Å². The Balaban J connectivity index is 1.76. The Bertz CT molecular complexity index is 708. The summed E-state index contributed by atoms with van der Waals surface area (Å²) >= 11 is 0. The van der Waals surface area contributed by atoms with Gasteiger partial charge in [-0.25, -0.2) is 0 Å². The zero-order valence-corrected chi connectivity index (χ0v) is 15.0. The van der Waals surface area contributed by atoms with Crippen LogP contribution in [0.5, 0.6) is 0 Å². The zero-order valence-electron chi connectivity index (χ0n) is 15.0. The molecule has 0 saturated carbocycles. The van der Waals surface area contributed by atoms with Crippen LogP contribution in [0.1, 0.15) is 29.4 Å². The summed E-state index contributed by atoms with van der Waals surface area (Å²) in [5.41, 5.74) is 4.19. The van der Waals surface area contributed by atoms with Crippen molar-refractivity contribution in [2.24, 2.45) is 7.05 Å². The summed E-state index contributed by atoms with van der Waals surface area (Å²) in [6.45, 7) is 10.2. The Hall–Kier alpha value is -1.70. The van der Waals surface area contributed by atoms with Crippen LogP contribution < -0.4 is 0 Å². The topological polar surface area (TPSA) is 68.3 Å². The van der Waals surface area contributed by atoms with E-state index in [0.29, 0.717) is 13.2 Å². The van der Waals surface area contributed by atoms with Gasteiger partial charge in [0.2, 0.25) is 0 Å². The normalized spacial score (nSPS) is 22.2. The molecular weight excluding hydrogens is 306 g/mol. The second kappa shape index (κ2) is 6.66. The molecule has 0 bridgehead atoms. The molecule has 2 aromatic rings. The molecule has 1 unspecified atom stereocenters. The van der Waals surface area contributed by atoms with E-state index in [1.54, 1.807) is 0 Å². The number of ether oxygens (including phenoxy) is 1. The van der Waals surface area contributed by atoms with Crippen molar-refractivity contribution in [1.82, 2.24) is 24.5 Å². The zero-order chi connectivity index (χ0) is 17.3. The number of nitrogens with zero attached hydrogens (tertiary/aromatic N) is 5. The van der Waals surface area contributed by atoms with Crippen molar-refractivity contribution in [3.05, 3.63) is 34.9 Å². The molecule has 24 heavy (non-hydrogen) atoms. The molecule has 1 aliphatic heterocycles. The SMILES string of the molecule is Cc1nn(CCO)c(C)c1CN1CCOC(C)(c2cnn(C)c2)C1. The second-order valence-electron chi connectivity index (χ2n) is 6.79. The highest BCUT2D eigenvalue weighted by molar-refractivity contribution is 5.25. The molecule has 1 aliphatic rings. The van der Waals surface area contributed by atoms with E-state index in [2.05, 4.69) is 28.9 Å². The molecule has 2 aromatic heterocycles. The Labute approximate surface area is 142 Å². The van der Waals surface area contributed by atoms with Gasteiger partial charge in [-0.05, 0) is 20.8 Å². The number of aromatic nitrogens is 4. The molecular formula is C17H27N5O2. The lowest BCUT2D eigenvalue weighted by atomic mass is 9.96. The van der Waals surface area contributed by atoms with Crippen molar-refractivity contribution in [2.45, 2.75) is 39.5 Å². The van der Waals surface area contributed by atoms with Crippen LogP contribution in [0.4, 0.5) is 0 Å². The van der Waals surface area contributed by atoms with E-state index in [-0.39, 0.29) is 12.2 Å². The molecule has 7 nitrogen and oxygen atoms in total. The van der Waals surface area contributed by atoms with Crippen LogP contribution in [0.3, 0.4) is 0 Å². The van der Waals surface area contributed by atoms with E-state index in [0.717, 1.165) is 36.6 Å². The summed E-state index contributed by atoms with van der Waals surface area (Å²) in [5, 5.41) is 18.0. The fourth-order valence-corrected chi connectivity index (χ4v) is 3.45. The largest absolute Gasteiger partial charge is 0.394 e. The average Bonchev–Trinajstić information content (AvgIpc) is 3.08. The molecule has 3 rings (SSSR count). The van der Waals surface area contributed by atoms with E-state index < -0.39 is 0 Å². The number of rotatable bonds is 5. The van der Waals surface area contributed by atoms with Crippen molar-refractivity contribution in [2.75, 3.05) is 26.3 Å². The number of aryl methyl sites for hydroxylation is 2. The smallest absolute Gasteiger partial charge is 0.106 e. The highest BCUT2D eigenvalue weighted by Crippen LogP contribution is 2.30. The second-order valence-corrected chi connectivity index (χ2v) is 6.79. The van der Waals surface area contributed by atoms with Crippen LogP contribution in [0.2, 0.25) is 0 Å². The molecule has 132 valence electrons. The number of aliphatic hydroxyl groups is 1. The summed E-state index contributed by atoms with van der Waals surface area (Å²) in [4.78, 5) is 2.41. The molecule has 7 heteroatoms. The minimum absolute atomic E-state index is 0.109. The summed E-state index contributed by atoms with van der Waals surface area (Å²) in [5.74, 6) is 0. The third-order valence-corrected chi connectivity index (χ3v) is 4.89. The van der Waals surface area contributed by atoms with Crippen molar-refractivity contribution in [3.63, 3.8) is 0 Å². The van der Waals surface area contributed by atoms with Crippen LogP contribution in [0, 0.1) is 13.8 Å². The first-order valence-corrected chi connectivity index (χ1v) is 8.42. The van der Waals surface area contributed by atoms with E-state index in [1.807, 2.05) is 35.7 Å². The van der Waals surface area contributed by atoms with Crippen LogP contribution >= 0.6 is 0 Å². The Morgan fingerprint density at radius 2 is 2.17 bits per heavy atom. The quantitative estimate of drug-likeness (QED) is 0.883. The van der Waals surface area contributed by atoms with Crippen molar-refractivity contribution in [3.8, 4) is 0 Å². The minimum atomic E-state index is -0.338. The number of aliphatic hydroxyl groups excluding tert-OH is 1. The summed E-state index contributed by atoms with van der Waals surface area (Å²) in [6.07, 6.45) is 3.92. The van der Waals surface area contributed by atoms with Crippen molar-refractivity contribution < 1.29 is 9.84 Å². The van der Waals surface area contributed by atoms with Crippen LogP contribution in [0.15, 0.2) is 12.4 Å². The fourth-order valence-electron chi connectivity index (χ4n) is 3.45. The van der Waals surface area contributed by atoms with Gasteiger partial charge in [-0.3, -0.25) is 14.3 Å². The van der Waals surface area contributed by atoms with Crippen molar-refractivity contribution in [1.29, 1.82) is 0 Å². The maximum atomic E-state index is 9.17. The molecule has 1 N–H and O–H groups in total. The maximum absolute atomic E-state index is 9.17. The first kappa shape index (κ1) is 17.1. The molecule has 0 amide bonds. The van der Waals surface area contributed by atoms with E-state index in [4.69, 9.17) is 9.84 Å². The third-order valence-electron chi connectivity index (χ3n) is 4.89. The van der Waals surface area contributed by atoms with Crippen molar-refractivity contribution >= 4 is 0 Å². The molecule has 0 radical (unpaired) electrons. The number of morpholine rings is 1. The van der Waals surface area contributed by atoms with E-state index in [9.17, 15) is 0 Å². The van der Waals surface area contributed by atoms with E-state index >= 15 is 0 Å². The predicted octanol–water partition coefficient (Wildman–Crippen LogP) is 0.973. The van der Waals surface area contributed by atoms with Gasteiger partial charge in [-0.1, -0.05) is 0 Å². The lowest BCUT2D eigenvalue weighted by Crippen LogP contribution is -2.47. The molecule has 0 aliphatic carbocycles. The Morgan fingerprint density at radius 3 is 2.83 bits per heavy atom. The van der Waals surface area contributed by atoms with Gasteiger partial charge >= 0.3 is 0 Å². The fraction of sp³-hybridized carbons (Fsp3) is 0.647. The molecule has 0 aromatic carbocycles. The monoisotopic (exact) mass is 333 g/mol. The van der Waals surface area contributed by atoms with E-state index in [1.165, 1.54) is 5.56 Å². The molecule has 3 heterocycles. The Kier molecular flexibility index (Phi) is 4.76. The predicted molar refractivity (Wildman–Crippen MR) is 90.6 cm³/mol. The lowest BCUT2D eigenvalue weighted by Gasteiger charge is -2.40. The van der Waals surface area contributed by atoms with Gasteiger partial charge in [0.25, 0.3) is 0 Å². The van der Waals surface area contributed by atoms with Crippen LogP contribution in [-0.4, -0.2) is 55.9 Å². The van der Waals surface area contributed by atoms with Crippen LogP contribution in [0.25, 0.3) is 0 Å². The van der Waals surface area contributed by atoms with Gasteiger partial charge in [0.1, 0.15) is 5.60 Å². The minimum Gasteiger partial charge on any atom is -0.394 e. The third kappa shape index (κ3) is 3.24. The van der Waals surface area contributed by atoms with Gasteiger partial charge in [0.15, 0.2) is 0 Å². The summed E-state index contributed by atoms with van der Waals surface area (Å²) in [6, 6.07) is 0. The summed E-state index contributed by atoms with van der Waals surface area (Å²) < 4.78 is 9.80. The van der Waals surface area contributed by atoms with Gasteiger partial charge in [-0.15, -0.1) is 0 Å². The van der Waals surface area contributed by atoms with Gasteiger partial charge in [0, 0.05) is 49.7 Å². The molecule has 1 saturated heterocycles. The number of hydrogen-bond acceptors (Lipinski definition) is 5. The highest BCUT2D eigenvalue weighted by atomic mass is 16.5. The first-order valence-electron chi connectivity index (χ1n) is 8.42. The standard InChI is InChI=1S/C17H27N5O2/c1-13-16(14(2)22(19-13)5-7-23)11-21-6-8-24-17(3,12-21)15-9-18-20(4)10-15/h9-10,23H,5-8,11-12H2,1-4H3. The molecule has 1 atom stereocenters. The Morgan fingerprint density at radius 1 is 1.38 bits per heavy atom. The maximum Gasteiger partial charge on any atom is 0.106 e. The van der Waals surface area contributed by atoms with Gasteiger partial charge < -0.3 is 9.84 Å². The first-order chi connectivity index (χ1) is 11.4. The lowest BCUT2D eigenvalue weighted by molar-refractivity contribution is -0.105. The molecule has 0 spiro atoms. The van der Waals surface area contributed by atoms with Gasteiger partial charge in [0.05, 0.1) is 31.6 Å². The van der Waals surface area contributed by atoms with Gasteiger partial charge in [-0.2, -0.15) is 10.2 Å². The highest BCUT2D eigenvalue weighted by Gasteiger charge is 2.35.